The summed E-state index contributed by atoms with van der Waals surface area (Å²) in [5.41, 5.74) is 11.0. The second kappa shape index (κ2) is 18.9. The summed E-state index contributed by atoms with van der Waals surface area (Å²) in [6, 6.07) is 20.5. The first-order valence-corrected chi connectivity index (χ1v) is 20.0. The van der Waals surface area contributed by atoms with Crippen LogP contribution in [-0.4, -0.2) is 27.3 Å². The van der Waals surface area contributed by atoms with E-state index in [-0.39, 0.29) is 5.41 Å². The van der Waals surface area contributed by atoms with Crippen LogP contribution in [0.15, 0.2) is 91.5 Å². The van der Waals surface area contributed by atoms with E-state index in [1.807, 2.05) is 42.5 Å². The van der Waals surface area contributed by atoms with Crippen molar-refractivity contribution in [2.75, 3.05) is 22.9 Å². The van der Waals surface area contributed by atoms with E-state index < -0.39 is 13.5 Å². The van der Waals surface area contributed by atoms with Gasteiger partial charge in [0.2, 0.25) is 0 Å². The predicted octanol–water partition coefficient (Wildman–Crippen LogP) is 10.1. The summed E-state index contributed by atoms with van der Waals surface area (Å²) in [6.07, 6.45) is 8.94. The Kier molecular flexibility index (Phi) is 16.0. The van der Waals surface area contributed by atoms with Gasteiger partial charge in [-0.05, 0) is 88.1 Å². The van der Waals surface area contributed by atoms with Crippen molar-refractivity contribution in [1.82, 2.24) is 9.97 Å². The molecule has 0 N–H and O–H groups in total. The third-order valence-corrected chi connectivity index (χ3v) is 7.94. The fraction of sp³-hybridized carbons (Fsp3) is 0.324. The van der Waals surface area contributed by atoms with Crippen molar-refractivity contribution in [3.63, 3.8) is 0 Å². The molecule has 44 heavy (non-hydrogen) atoms. The first-order valence-electron chi connectivity index (χ1n) is 14.6. The number of anilines is 2. The Balaban J connectivity index is 0.000000260. The molecular weight excluding hydrogens is 672 g/mol. The number of aromatic nitrogens is 2. The zero-order valence-corrected chi connectivity index (χ0v) is 30.8. The van der Waals surface area contributed by atoms with E-state index >= 15 is 0 Å². The summed E-state index contributed by atoms with van der Waals surface area (Å²) in [6.45, 7) is 23.8. The molecule has 0 bridgehead atoms. The van der Waals surface area contributed by atoms with E-state index in [2.05, 4.69) is 117 Å². The van der Waals surface area contributed by atoms with Crippen molar-refractivity contribution in [1.29, 1.82) is 0 Å². The van der Waals surface area contributed by atoms with Crippen LogP contribution in [0.5, 0.6) is 0 Å². The molecule has 5 rings (SSSR count). The van der Waals surface area contributed by atoms with Crippen LogP contribution in [0.4, 0.5) is 11.4 Å². The number of hydrogen-bond donors (Lipinski definition) is 0. The Morgan fingerprint density at radius 2 is 1.00 bits per heavy atom. The van der Waals surface area contributed by atoms with E-state index in [9.17, 15) is 0 Å². The first kappa shape index (κ1) is 37.4. The third kappa shape index (κ3) is 13.9. The van der Waals surface area contributed by atoms with Gasteiger partial charge in [-0.2, -0.15) is 6.67 Å². The van der Waals surface area contributed by atoms with Gasteiger partial charge in [-0.25, -0.2) is 0 Å². The number of nitrogens with zero attached hydrogens (tertiary/aromatic N) is 4. The van der Waals surface area contributed by atoms with Crippen LogP contribution >= 0.6 is 19.4 Å². The molecule has 0 amide bonds. The molecule has 1 aliphatic heterocycles. The van der Waals surface area contributed by atoms with E-state index in [1.54, 1.807) is 24.8 Å². The normalized spacial score (nSPS) is 12.4. The zero-order chi connectivity index (χ0) is 32.7. The van der Waals surface area contributed by atoms with Gasteiger partial charge in [0.1, 0.15) is 0 Å². The molecule has 2 aromatic heterocycles. The van der Waals surface area contributed by atoms with Crippen LogP contribution in [0.1, 0.15) is 54.2 Å². The Bertz CT molecular complexity index is 1300. The second-order valence-corrected chi connectivity index (χ2v) is 17.2. The van der Waals surface area contributed by atoms with Crippen molar-refractivity contribution < 1.29 is 13.5 Å². The molecule has 1 aliphatic rings. The molecule has 0 radical (unpaired) electrons. The van der Waals surface area contributed by atoms with Crippen LogP contribution in [0, 0.1) is 53.6 Å². The molecule has 4 aromatic rings. The molecule has 238 valence electrons. The molecular formula is C37H47Cl2N4Ru-. The number of aryl methyl sites for hydroxylation is 6. The van der Waals surface area contributed by atoms with Crippen molar-refractivity contribution in [2.45, 2.75) is 62.3 Å². The molecule has 0 aliphatic carbocycles. The van der Waals surface area contributed by atoms with Gasteiger partial charge >= 0.3 is 69.4 Å². The molecule has 7 heteroatoms. The molecule has 4 nitrogen and oxygen atoms in total. The standard InChI is InChI=1S/C21H27N2.C6H10.2C5H5N.2ClH.Ru/c1-14-9-16(3)20(17(4)10-14)22-7-8-23(13-22)21-18(5)11-15(2)12-19(21)6;1-5-6(2,3)4;2*1-2-4-6-5-3-1;;;/h9-13H,7-8H2,1-6H3;5H,2-4H3;2*1-5H;2*1H;/q-1;;;;;;+2/p-2. The van der Waals surface area contributed by atoms with Crippen LogP contribution in [0.3, 0.4) is 0 Å². The van der Waals surface area contributed by atoms with Crippen molar-refractivity contribution in [3.05, 3.63) is 132 Å². The van der Waals surface area contributed by atoms with Gasteiger partial charge in [0, 0.05) is 49.3 Å². The first-order chi connectivity index (χ1) is 20.8. The fourth-order valence-corrected chi connectivity index (χ4v) is 6.30. The summed E-state index contributed by atoms with van der Waals surface area (Å²) in [7, 11) is 11.1. The Morgan fingerprint density at radius 1 is 0.659 bits per heavy atom. The predicted molar refractivity (Wildman–Crippen MR) is 190 cm³/mol. The fourth-order valence-electron chi connectivity index (χ4n) is 4.91. The average molecular weight is 720 g/mol. The summed E-state index contributed by atoms with van der Waals surface area (Å²) >= 11 is -1.67. The van der Waals surface area contributed by atoms with E-state index in [0.717, 1.165) is 13.1 Å². The topological polar surface area (TPSA) is 32.3 Å². The molecule has 0 unspecified atom stereocenters. The minimum atomic E-state index is -1.67. The van der Waals surface area contributed by atoms with Crippen LogP contribution in [0.2, 0.25) is 0 Å². The minimum absolute atomic E-state index is 0.163. The summed E-state index contributed by atoms with van der Waals surface area (Å²) in [4.78, 5) is 12.4. The van der Waals surface area contributed by atoms with Crippen molar-refractivity contribution in [3.8, 4) is 0 Å². The molecule has 2 aromatic carbocycles. The molecule has 3 heterocycles. The van der Waals surface area contributed by atoms with E-state index in [1.165, 1.54) is 44.8 Å². The number of halogens is 2. The largest absolute Gasteiger partial charge is 0.502 e. The second-order valence-electron chi connectivity index (χ2n) is 11.8. The zero-order valence-electron chi connectivity index (χ0n) is 27.6. The maximum atomic E-state index is 5.55. The van der Waals surface area contributed by atoms with E-state index in [4.69, 9.17) is 19.4 Å². The summed E-state index contributed by atoms with van der Waals surface area (Å²) in [5, 5.41) is 0. The van der Waals surface area contributed by atoms with Crippen LogP contribution in [0.25, 0.3) is 0 Å². The van der Waals surface area contributed by atoms with Crippen molar-refractivity contribution >= 4 is 35.0 Å². The number of hydrogen-bond acceptors (Lipinski definition) is 4. The minimum Gasteiger partial charge on any atom is -0.502 e. The van der Waals surface area contributed by atoms with Gasteiger partial charge in [-0.3, -0.25) is 9.97 Å². The van der Waals surface area contributed by atoms with Crippen LogP contribution in [-0.2, 0) is 13.5 Å². The monoisotopic (exact) mass is 719 g/mol. The summed E-state index contributed by atoms with van der Waals surface area (Å²) in [5.74, 6) is 0. The molecule has 0 spiro atoms. The maximum Gasteiger partial charge on any atom is 0.0267 e. The number of allylic oxidation sites excluding steroid dienone is 1. The van der Waals surface area contributed by atoms with Gasteiger partial charge in [0.25, 0.3) is 0 Å². The Labute approximate surface area is 279 Å². The quantitative estimate of drug-likeness (QED) is 0.153. The number of pyridine rings is 2. The third-order valence-electron chi connectivity index (χ3n) is 6.40. The van der Waals surface area contributed by atoms with Gasteiger partial charge in [0.05, 0.1) is 0 Å². The molecule has 1 saturated heterocycles. The SMILES string of the molecule is CC(C)(C)C=[C]=[Ru]([Cl])[Cl].Cc1cc(C)c(N2[CH-]N(c3c(C)cc(C)cc3C)CC2)c(C)c1.c1ccncc1.c1ccncc1. The molecule has 0 atom stereocenters. The van der Waals surface area contributed by atoms with E-state index in [0.29, 0.717) is 0 Å². The van der Waals surface area contributed by atoms with Crippen molar-refractivity contribution in [2.24, 2.45) is 5.41 Å². The number of rotatable bonds is 2. The van der Waals surface area contributed by atoms with Gasteiger partial charge in [-0.15, -0.1) is 0 Å². The Morgan fingerprint density at radius 3 is 1.20 bits per heavy atom. The van der Waals surface area contributed by atoms with Gasteiger partial charge in [-0.1, -0.05) is 47.5 Å². The average Bonchev–Trinajstić information content (AvgIpc) is 3.42. The smallest absolute Gasteiger partial charge is 0.0267 e. The molecule has 0 saturated carbocycles. The van der Waals surface area contributed by atoms with Gasteiger partial charge < -0.3 is 9.80 Å². The Hall–Kier alpha value is -2.81. The summed E-state index contributed by atoms with van der Waals surface area (Å²) < 4.78 is 2.93. The van der Waals surface area contributed by atoms with Crippen LogP contribution < -0.4 is 9.80 Å². The van der Waals surface area contributed by atoms with Gasteiger partial charge in [0.15, 0.2) is 0 Å². The maximum absolute atomic E-state index is 5.55. The number of benzene rings is 2. The molecule has 1 fully saturated rings.